The van der Waals surface area contributed by atoms with Gasteiger partial charge >= 0.3 is 20.4 Å². The normalized spacial score (nSPS) is 9.53. The minimum Gasteiger partial charge on any atom is -0.404 e. The molecule has 4 rings (SSSR count). The minimum absolute atomic E-state index is 0. The number of aliphatic hydroxyl groups is 1. The Kier molecular flexibility index (Phi) is 12.0. The molecular formula is C27H28OPPd+. The summed E-state index contributed by atoms with van der Waals surface area (Å²) in [4.78, 5) is 0. The Morgan fingerprint density at radius 1 is 0.567 bits per heavy atom. The van der Waals surface area contributed by atoms with Gasteiger partial charge in [0.2, 0.25) is 0 Å². The Morgan fingerprint density at radius 2 is 0.900 bits per heavy atom. The summed E-state index contributed by atoms with van der Waals surface area (Å²) < 4.78 is 0. The smallest absolute Gasteiger partial charge is 0.404 e. The minimum atomic E-state index is -0.877. The average Bonchev–Trinajstić information content (AvgIpc) is 2.77. The largest absolute Gasteiger partial charge is 2.00 e. The molecule has 0 bridgehead atoms. The van der Waals surface area contributed by atoms with Gasteiger partial charge < -0.3 is 12.5 Å². The number of aliphatic hydroxyl groups excluding tert-OH is 1. The average molecular weight is 506 g/mol. The molecule has 0 fully saturated rings. The summed E-state index contributed by atoms with van der Waals surface area (Å²) in [5, 5.41) is 13.0. The van der Waals surface area contributed by atoms with E-state index < -0.39 is 7.92 Å². The van der Waals surface area contributed by atoms with Crippen molar-refractivity contribution in [1.29, 1.82) is 0 Å². The van der Waals surface area contributed by atoms with Crippen molar-refractivity contribution in [3.8, 4) is 0 Å². The van der Waals surface area contributed by atoms with Gasteiger partial charge in [0.1, 0.15) is 15.9 Å². The molecular weight excluding hydrogens is 478 g/mol. The van der Waals surface area contributed by atoms with Crippen molar-refractivity contribution in [3.05, 3.63) is 141 Å². The van der Waals surface area contributed by atoms with Gasteiger partial charge in [0.05, 0.1) is 7.92 Å². The van der Waals surface area contributed by atoms with Crippen molar-refractivity contribution >= 4 is 23.8 Å². The van der Waals surface area contributed by atoms with Crippen LogP contribution in [-0.2, 0) is 27.0 Å². The predicted molar refractivity (Wildman–Crippen MR) is 130 cm³/mol. The van der Waals surface area contributed by atoms with E-state index in [0.717, 1.165) is 11.1 Å². The van der Waals surface area contributed by atoms with Gasteiger partial charge in [0, 0.05) is 6.61 Å². The number of hydrogen-bond acceptors (Lipinski definition) is 1. The fraction of sp³-hybridized carbons (Fsp3) is 0.0370. The molecule has 30 heavy (non-hydrogen) atoms. The van der Waals surface area contributed by atoms with Crippen LogP contribution in [-0.4, -0.2) is 5.11 Å². The topological polar surface area (TPSA) is 20.2 Å². The first-order valence-corrected chi connectivity index (χ1v) is 10.8. The Labute approximate surface area is 196 Å². The van der Waals surface area contributed by atoms with E-state index in [2.05, 4.69) is 97.9 Å². The third kappa shape index (κ3) is 7.25. The summed E-state index contributed by atoms with van der Waals surface area (Å²) in [7, 11) is -0.877. The van der Waals surface area contributed by atoms with Crippen molar-refractivity contribution in [2.75, 3.05) is 0 Å². The van der Waals surface area contributed by atoms with Crippen LogP contribution in [0.3, 0.4) is 0 Å². The number of benzene rings is 4. The third-order valence-corrected chi connectivity index (χ3v) is 7.21. The van der Waals surface area contributed by atoms with Crippen molar-refractivity contribution in [2.45, 2.75) is 6.61 Å². The van der Waals surface area contributed by atoms with E-state index in [1.54, 1.807) is 0 Å². The maximum atomic E-state index is 8.68. The standard InChI is InChI=1S/C18H15P.C8H9O.CH3.Pd/c1-4-10-16(11-5-1)19(17-12-6-2-7-13-17)18-14-8-3-9-15-18;1-7-4-2-3-5-8(7)6-9;;/h1-15H;2-5,9H,1,6H2;1H3;/q;2*-1;+2/p+1. The van der Waals surface area contributed by atoms with Gasteiger partial charge in [-0.3, -0.25) is 0 Å². The van der Waals surface area contributed by atoms with E-state index in [9.17, 15) is 0 Å². The SMILES string of the molecule is [CH2-]c1ccccc1CO.[CH3-].[Pd+2].c1ccc([PH+](c2ccccc2)c2ccccc2)cc1. The molecule has 0 atom stereocenters. The molecule has 1 nitrogen and oxygen atoms in total. The Hall–Kier alpha value is -2.20. The Balaban J connectivity index is 0.000000351. The van der Waals surface area contributed by atoms with Crippen LogP contribution in [0.1, 0.15) is 11.1 Å². The zero-order valence-electron chi connectivity index (χ0n) is 17.1. The van der Waals surface area contributed by atoms with Gasteiger partial charge in [-0.05, 0) is 36.4 Å². The van der Waals surface area contributed by atoms with Crippen LogP contribution in [0.2, 0.25) is 0 Å². The summed E-state index contributed by atoms with van der Waals surface area (Å²) in [6.07, 6.45) is 0. The molecule has 4 aromatic rings. The van der Waals surface area contributed by atoms with Crippen LogP contribution in [0.5, 0.6) is 0 Å². The molecule has 0 saturated heterocycles. The molecule has 0 aromatic heterocycles. The van der Waals surface area contributed by atoms with Crippen LogP contribution in [0.15, 0.2) is 115 Å². The summed E-state index contributed by atoms with van der Waals surface area (Å²) in [5.74, 6) is 0. The van der Waals surface area contributed by atoms with Gasteiger partial charge in [-0.2, -0.15) is 18.6 Å². The zero-order chi connectivity index (χ0) is 19.6. The van der Waals surface area contributed by atoms with Crippen LogP contribution < -0.4 is 15.9 Å². The van der Waals surface area contributed by atoms with Gasteiger partial charge in [-0.1, -0.05) is 60.7 Å². The summed E-state index contributed by atoms with van der Waals surface area (Å²) in [6, 6.07) is 40.0. The first-order chi connectivity index (χ1) is 13.8. The van der Waals surface area contributed by atoms with Crippen molar-refractivity contribution in [1.82, 2.24) is 0 Å². The second-order valence-corrected chi connectivity index (χ2v) is 8.88. The molecule has 0 aliphatic rings. The molecule has 4 aromatic carbocycles. The summed E-state index contributed by atoms with van der Waals surface area (Å²) in [5.41, 5.74) is 1.80. The second kappa shape index (κ2) is 13.9. The Morgan fingerprint density at radius 3 is 1.20 bits per heavy atom. The van der Waals surface area contributed by atoms with Crippen LogP contribution >= 0.6 is 7.92 Å². The summed E-state index contributed by atoms with van der Waals surface area (Å²) in [6.45, 7) is 3.81. The fourth-order valence-electron chi connectivity index (χ4n) is 3.03. The molecule has 0 saturated carbocycles. The van der Waals surface area contributed by atoms with Crippen LogP contribution in [0, 0.1) is 14.4 Å². The van der Waals surface area contributed by atoms with E-state index in [4.69, 9.17) is 5.11 Å². The molecule has 0 amide bonds. The van der Waals surface area contributed by atoms with Crippen molar-refractivity contribution in [2.24, 2.45) is 0 Å². The summed E-state index contributed by atoms with van der Waals surface area (Å²) >= 11 is 0. The van der Waals surface area contributed by atoms with E-state index in [1.807, 2.05) is 24.3 Å². The predicted octanol–water partition coefficient (Wildman–Crippen LogP) is 4.99. The van der Waals surface area contributed by atoms with Gasteiger partial charge in [-0.15, -0.1) is 17.7 Å². The molecule has 0 heterocycles. The van der Waals surface area contributed by atoms with E-state index in [-0.39, 0.29) is 34.5 Å². The quantitative estimate of drug-likeness (QED) is 0.235. The first-order valence-electron chi connectivity index (χ1n) is 9.33. The molecule has 0 spiro atoms. The maximum Gasteiger partial charge on any atom is 2.00 e. The molecule has 156 valence electrons. The number of rotatable bonds is 4. The fourth-order valence-corrected chi connectivity index (χ4v) is 5.60. The van der Waals surface area contributed by atoms with Gasteiger partial charge in [-0.25, -0.2) is 0 Å². The van der Waals surface area contributed by atoms with Gasteiger partial charge in [0.15, 0.2) is 0 Å². The number of hydrogen-bond donors (Lipinski definition) is 1. The van der Waals surface area contributed by atoms with Gasteiger partial charge in [0.25, 0.3) is 0 Å². The molecule has 3 heteroatoms. The first kappa shape index (κ1) is 25.8. The van der Waals surface area contributed by atoms with Crippen LogP contribution in [0.25, 0.3) is 0 Å². The van der Waals surface area contributed by atoms with E-state index >= 15 is 0 Å². The molecule has 0 unspecified atom stereocenters. The molecule has 0 aliphatic heterocycles. The molecule has 0 aliphatic carbocycles. The van der Waals surface area contributed by atoms with Crippen molar-refractivity contribution < 1.29 is 25.5 Å². The van der Waals surface area contributed by atoms with Crippen molar-refractivity contribution in [3.63, 3.8) is 0 Å². The zero-order valence-corrected chi connectivity index (χ0v) is 19.7. The Bertz CT molecular complexity index is 866. The van der Waals surface area contributed by atoms with Crippen LogP contribution in [0.4, 0.5) is 0 Å². The van der Waals surface area contributed by atoms with E-state index in [0.29, 0.717) is 0 Å². The molecule has 0 radical (unpaired) electrons. The molecule has 1 N–H and O–H groups in total. The third-order valence-electron chi connectivity index (χ3n) is 4.48. The monoisotopic (exact) mass is 505 g/mol. The van der Waals surface area contributed by atoms with E-state index in [1.165, 1.54) is 15.9 Å². The maximum absolute atomic E-state index is 8.68. The second-order valence-electron chi connectivity index (χ2n) is 6.40.